The monoisotopic (exact) mass is 374 g/mol. The fraction of sp³-hybridized carbons (Fsp3) is 0.312. The number of aryl methyl sites for hydroxylation is 3. The molecule has 0 atom stereocenters. The van der Waals surface area contributed by atoms with E-state index in [0.717, 1.165) is 5.69 Å². The van der Waals surface area contributed by atoms with Crippen molar-refractivity contribution in [3.8, 4) is 0 Å². The van der Waals surface area contributed by atoms with Gasteiger partial charge in [0, 0.05) is 18.7 Å². The van der Waals surface area contributed by atoms with Gasteiger partial charge in [0.1, 0.15) is 11.5 Å². The molecule has 0 unspecified atom stereocenters. The average molecular weight is 375 g/mol. The molecule has 2 aromatic rings. The van der Waals surface area contributed by atoms with E-state index in [1.807, 2.05) is 6.92 Å². The molecule has 8 heteroatoms. The van der Waals surface area contributed by atoms with Crippen molar-refractivity contribution in [1.29, 1.82) is 0 Å². The largest absolute Gasteiger partial charge is 0.346 e. The highest BCUT2D eigenvalue weighted by Gasteiger charge is 2.14. The molecule has 0 bridgehead atoms. The Labute approximate surface area is 153 Å². The minimum absolute atomic E-state index is 0. The highest BCUT2D eigenvalue weighted by molar-refractivity contribution is 5.93. The van der Waals surface area contributed by atoms with Gasteiger partial charge in [0.15, 0.2) is 0 Å². The second-order valence-electron chi connectivity index (χ2n) is 5.14. The first kappa shape index (κ1) is 22.2. The molecule has 0 aliphatic heterocycles. The van der Waals surface area contributed by atoms with Crippen molar-refractivity contribution in [2.24, 2.45) is 5.73 Å². The topological polar surface area (TPSA) is 80.9 Å². The molecule has 5 nitrogen and oxygen atoms in total. The fourth-order valence-electron chi connectivity index (χ4n) is 2.05. The first-order valence-electron chi connectivity index (χ1n) is 6.99. The third-order valence-electron chi connectivity index (χ3n) is 3.49. The number of carbonyl (C=O) groups is 1. The number of nitrogens with one attached hydrogen (secondary N) is 1. The quantitative estimate of drug-likeness (QED) is 0.861. The molecule has 3 N–H and O–H groups in total. The standard InChI is InChI=1S/C16H19FN4O.2ClH/c1-9-10(2)21-15(11(3)20-9)16(22)19-8-13-5-4-12(7-18)6-14(13)17;;/h4-6H,7-8,18H2,1-3H3,(H,19,22);2*1H. The fourth-order valence-corrected chi connectivity index (χ4v) is 2.05. The number of aromatic nitrogens is 2. The Kier molecular flexibility index (Phi) is 8.82. The van der Waals surface area contributed by atoms with Crippen molar-refractivity contribution in [2.75, 3.05) is 0 Å². The van der Waals surface area contributed by atoms with E-state index in [9.17, 15) is 9.18 Å². The Bertz CT molecular complexity index is 725. The number of halogens is 3. The molecule has 0 aliphatic rings. The van der Waals surface area contributed by atoms with E-state index < -0.39 is 0 Å². The maximum Gasteiger partial charge on any atom is 0.272 e. The van der Waals surface area contributed by atoms with Crippen molar-refractivity contribution in [3.63, 3.8) is 0 Å². The van der Waals surface area contributed by atoms with Gasteiger partial charge in [-0.3, -0.25) is 9.78 Å². The van der Waals surface area contributed by atoms with Crippen molar-refractivity contribution in [1.82, 2.24) is 15.3 Å². The molecule has 132 valence electrons. The first-order chi connectivity index (χ1) is 10.4. The van der Waals surface area contributed by atoms with Gasteiger partial charge in [0.25, 0.3) is 5.91 Å². The van der Waals surface area contributed by atoms with Crippen LogP contribution >= 0.6 is 24.8 Å². The van der Waals surface area contributed by atoms with Crippen LogP contribution in [0, 0.1) is 26.6 Å². The molecule has 0 fully saturated rings. The van der Waals surface area contributed by atoms with Crippen LogP contribution in [0.25, 0.3) is 0 Å². The second-order valence-corrected chi connectivity index (χ2v) is 5.14. The zero-order chi connectivity index (χ0) is 16.3. The van der Waals surface area contributed by atoms with Crippen LogP contribution in [0.1, 0.15) is 38.7 Å². The van der Waals surface area contributed by atoms with Gasteiger partial charge in [-0.05, 0) is 32.4 Å². The minimum Gasteiger partial charge on any atom is -0.346 e. The van der Waals surface area contributed by atoms with Crippen LogP contribution in [0.5, 0.6) is 0 Å². The molecule has 1 aromatic carbocycles. The van der Waals surface area contributed by atoms with Crippen LogP contribution in [0.3, 0.4) is 0 Å². The minimum atomic E-state index is -0.383. The number of nitrogens with zero attached hydrogens (tertiary/aromatic N) is 2. The smallest absolute Gasteiger partial charge is 0.272 e. The molecule has 0 saturated carbocycles. The van der Waals surface area contributed by atoms with E-state index in [1.54, 1.807) is 26.0 Å². The zero-order valence-electron chi connectivity index (χ0n) is 13.7. The van der Waals surface area contributed by atoms with Crippen LogP contribution in [0.15, 0.2) is 18.2 Å². The highest BCUT2D eigenvalue weighted by Crippen LogP contribution is 2.11. The first-order valence-corrected chi connectivity index (χ1v) is 6.99. The van der Waals surface area contributed by atoms with Gasteiger partial charge in [-0.2, -0.15) is 0 Å². The number of hydrogen-bond acceptors (Lipinski definition) is 4. The summed E-state index contributed by atoms with van der Waals surface area (Å²) in [5.41, 5.74) is 8.89. The predicted molar refractivity (Wildman–Crippen MR) is 96.2 cm³/mol. The number of hydrogen-bond donors (Lipinski definition) is 2. The number of carbonyl (C=O) groups excluding carboxylic acids is 1. The lowest BCUT2D eigenvalue weighted by Gasteiger charge is -2.10. The Balaban J connectivity index is 0.00000264. The Morgan fingerprint density at radius 3 is 2.33 bits per heavy atom. The molecule has 24 heavy (non-hydrogen) atoms. The normalized spacial score (nSPS) is 9.71. The van der Waals surface area contributed by atoms with Crippen LogP contribution in [-0.4, -0.2) is 15.9 Å². The second kappa shape index (κ2) is 9.52. The Hall–Kier alpha value is -1.76. The molecular formula is C16H21Cl2FN4O. The average Bonchev–Trinajstić information content (AvgIpc) is 2.49. The number of benzene rings is 1. The predicted octanol–water partition coefficient (Wildman–Crippen LogP) is 2.77. The maximum absolute atomic E-state index is 13.9. The summed E-state index contributed by atoms with van der Waals surface area (Å²) in [6.45, 7) is 5.73. The summed E-state index contributed by atoms with van der Waals surface area (Å²) in [6, 6.07) is 4.74. The van der Waals surface area contributed by atoms with Gasteiger partial charge in [0.05, 0.1) is 17.1 Å². The molecule has 0 spiro atoms. The third kappa shape index (κ3) is 5.12. The van der Waals surface area contributed by atoms with Gasteiger partial charge in [-0.15, -0.1) is 24.8 Å². The van der Waals surface area contributed by atoms with Crippen LogP contribution in [0.4, 0.5) is 4.39 Å². The lowest BCUT2D eigenvalue weighted by Crippen LogP contribution is -2.26. The van der Waals surface area contributed by atoms with Crippen molar-refractivity contribution in [2.45, 2.75) is 33.9 Å². The van der Waals surface area contributed by atoms with Crippen LogP contribution in [0.2, 0.25) is 0 Å². The van der Waals surface area contributed by atoms with Gasteiger partial charge in [-0.25, -0.2) is 9.37 Å². The molecular weight excluding hydrogens is 354 g/mol. The summed E-state index contributed by atoms with van der Waals surface area (Å²) >= 11 is 0. The molecule has 0 aliphatic carbocycles. The van der Waals surface area contributed by atoms with Crippen LogP contribution in [-0.2, 0) is 13.1 Å². The molecule has 1 heterocycles. The number of rotatable bonds is 4. The van der Waals surface area contributed by atoms with E-state index in [1.165, 1.54) is 6.07 Å². The number of amides is 1. The maximum atomic E-state index is 13.9. The van der Waals surface area contributed by atoms with Gasteiger partial charge in [0.2, 0.25) is 0 Å². The van der Waals surface area contributed by atoms with E-state index in [2.05, 4.69) is 15.3 Å². The summed E-state index contributed by atoms with van der Waals surface area (Å²) in [5, 5.41) is 2.67. The highest BCUT2D eigenvalue weighted by atomic mass is 35.5. The summed E-state index contributed by atoms with van der Waals surface area (Å²) < 4.78 is 13.9. The molecule has 0 saturated heterocycles. The van der Waals surface area contributed by atoms with Gasteiger partial charge >= 0.3 is 0 Å². The summed E-state index contributed by atoms with van der Waals surface area (Å²) in [5.74, 6) is -0.749. The zero-order valence-corrected chi connectivity index (χ0v) is 15.4. The van der Waals surface area contributed by atoms with Crippen molar-refractivity contribution >= 4 is 30.7 Å². The SMILES string of the molecule is Cc1nc(C)c(C(=O)NCc2ccc(CN)cc2F)nc1C.Cl.Cl. The lowest BCUT2D eigenvalue weighted by atomic mass is 10.1. The summed E-state index contributed by atoms with van der Waals surface area (Å²) in [6.07, 6.45) is 0. The van der Waals surface area contributed by atoms with E-state index in [-0.39, 0.29) is 55.3 Å². The number of nitrogens with two attached hydrogens (primary N) is 1. The Morgan fingerprint density at radius 1 is 1.12 bits per heavy atom. The third-order valence-corrected chi connectivity index (χ3v) is 3.49. The molecule has 1 aromatic heterocycles. The van der Waals surface area contributed by atoms with E-state index in [0.29, 0.717) is 22.5 Å². The summed E-state index contributed by atoms with van der Waals surface area (Å²) in [4.78, 5) is 20.7. The van der Waals surface area contributed by atoms with Crippen LogP contribution < -0.4 is 11.1 Å². The van der Waals surface area contributed by atoms with E-state index in [4.69, 9.17) is 5.73 Å². The van der Waals surface area contributed by atoms with Crippen molar-refractivity contribution in [3.05, 3.63) is 57.9 Å². The van der Waals surface area contributed by atoms with E-state index >= 15 is 0 Å². The Morgan fingerprint density at radius 2 is 1.75 bits per heavy atom. The molecule has 0 radical (unpaired) electrons. The molecule has 2 rings (SSSR count). The van der Waals surface area contributed by atoms with Crippen molar-refractivity contribution < 1.29 is 9.18 Å². The van der Waals surface area contributed by atoms with Gasteiger partial charge in [-0.1, -0.05) is 12.1 Å². The lowest BCUT2D eigenvalue weighted by molar-refractivity contribution is 0.0944. The molecule has 1 amide bonds. The van der Waals surface area contributed by atoms with Gasteiger partial charge < -0.3 is 11.1 Å². The summed E-state index contributed by atoms with van der Waals surface area (Å²) in [7, 11) is 0.